The summed E-state index contributed by atoms with van der Waals surface area (Å²) in [5, 5.41) is 0.523. The molecule has 0 aliphatic carbocycles. The monoisotopic (exact) mass is 322 g/mol. The second-order valence-electron chi connectivity index (χ2n) is 4.92. The lowest BCUT2D eigenvalue weighted by molar-refractivity contribution is -0.797. The van der Waals surface area contributed by atoms with E-state index in [1.807, 2.05) is 0 Å². The Kier molecular flexibility index (Phi) is 3.93. The summed E-state index contributed by atoms with van der Waals surface area (Å²) >= 11 is 11.7. The van der Waals surface area contributed by atoms with Gasteiger partial charge in [0.2, 0.25) is 0 Å². The summed E-state index contributed by atoms with van der Waals surface area (Å²) in [5.41, 5.74) is -0.909. The summed E-state index contributed by atoms with van der Waals surface area (Å²) in [6, 6.07) is 4.19. The van der Waals surface area contributed by atoms with Gasteiger partial charge in [0.1, 0.15) is 4.90 Å². The molecule has 19 heavy (non-hydrogen) atoms. The molecule has 1 aliphatic rings. The van der Waals surface area contributed by atoms with Gasteiger partial charge in [-0.05, 0) is 25.1 Å². The Labute approximate surface area is 122 Å². The molecule has 1 N–H and O–H groups in total. The molecular formula is C12H14Cl2NO3S+. The molecule has 7 heteroatoms. The number of rotatable bonds is 3. The first-order valence-electron chi connectivity index (χ1n) is 5.83. The van der Waals surface area contributed by atoms with Crippen molar-refractivity contribution in [2.24, 2.45) is 0 Å². The highest BCUT2D eigenvalue weighted by Crippen LogP contribution is 2.23. The van der Waals surface area contributed by atoms with Crippen LogP contribution in [-0.4, -0.2) is 26.8 Å². The molecule has 0 bridgehead atoms. The maximum absolute atomic E-state index is 12.6. The van der Waals surface area contributed by atoms with Crippen molar-refractivity contribution in [3.63, 3.8) is 0 Å². The summed E-state index contributed by atoms with van der Waals surface area (Å²) in [6.45, 7) is 2.06. The third-order valence-electron chi connectivity index (χ3n) is 3.47. The lowest BCUT2D eigenvalue weighted by Crippen LogP contribution is -3.19. The van der Waals surface area contributed by atoms with Crippen LogP contribution in [0.5, 0.6) is 0 Å². The molecule has 2 rings (SSSR count). The van der Waals surface area contributed by atoms with Crippen LogP contribution in [0.1, 0.15) is 19.8 Å². The highest BCUT2D eigenvalue weighted by molar-refractivity contribution is 7.85. The smallest absolute Gasteiger partial charge is 0.296 e. The van der Waals surface area contributed by atoms with Gasteiger partial charge in [-0.3, -0.25) is 4.79 Å². The molecule has 2 atom stereocenters. The molecule has 1 fully saturated rings. The largest absolute Gasteiger partial charge is 0.326 e. The van der Waals surface area contributed by atoms with Gasteiger partial charge in [0, 0.05) is 22.9 Å². The Hall–Kier alpha value is -0.620. The summed E-state index contributed by atoms with van der Waals surface area (Å²) in [5.74, 6) is 0. The average molecular weight is 323 g/mol. The second kappa shape index (κ2) is 5.05. The van der Waals surface area contributed by atoms with Crippen LogP contribution in [0.3, 0.4) is 0 Å². The molecule has 1 aromatic carbocycles. The van der Waals surface area contributed by atoms with Gasteiger partial charge in [-0.2, -0.15) is 8.42 Å². The number of nitrogens with one attached hydrogen (secondary N) is 1. The highest BCUT2D eigenvalue weighted by atomic mass is 35.5. The molecule has 0 saturated carbocycles. The number of halogens is 2. The van der Waals surface area contributed by atoms with Crippen LogP contribution in [-0.2, 0) is 14.8 Å². The van der Waals surface area contributed by atoms with Crippen LogP contribution in [0.4, 0.5) is 0 Å². The maximum Gasteiger partial charge on any atom is 0.326 e. The van der Waals surface area contributed by atoms with Gasteiger partial charge >= 0.3 is 10.0 Å². The molecule has 0 spiro atoms. The first kappa shape index (κ1) is 14.8. The zero-order chi connectivity index (χ0) is 14.3. The number of benzene rings is 1. The van der Waals surface area contributed by atoms with Crippen molar-refractivity contribution in [2.45, 2.75) is 30.2 Å². The van der Waals surface area contributed by atoms with Crippen LogP contribution in [0, 0.1) is 0 Å². The lowest BCUT2D eigenvalue weighted by atomic mass is 10.0. The van der Waals surface area contributed by atoms with E-state index in [1.165, 1.54) is 18.2 Å². The third-order valence-corrected chi connectivity index (χ3v) is 6.08. The van der Waals surface area contributed by atoms with Crippen LogP contribution >= 0.6 is 23.2 Å². The lowest BCUT2D eigenvalue weighted by Gasteiger charge is -2.25. The number of carbonyl (C=O) groups excluding carboxylic acids is 1. The zero-order valence-electron chi connectivity index (χ0n) is 10.3. The van der Waals surface area contributed by atoms with Gasteiger partial charge < -0.3 is 0 Å². The van der Waals surface area contributed by atoms with Gasteiger partial charge in [-0.25, -0.2) is 4.31 Å². The van der Waals surface area contributed by atoms with Crippen molar-refractivity contribution in [1.29, 1.82) is 0 Å². The minimum absolute atomic E-state index is 0.0509. The van der Waals surface area contributed by atoms with Gasteiger partial charge in [0.15, 0.2) is 11.8 Å². The van der Waals surface area contributed by atoms with Crippen molar-refractivity contribution < 1.29 is 17.5 Å². The maximum atomic E-state index is 12.6. The number of aldehydes is 1. The third kappa shape index (κ3) is 2.65. The first-order chi connectivity index (χ1) is 8.79. The van der Waals surface area contributed by atoms with Crippen molar-refractivity contribution in [3.05, 3.63) is 28.2 Å². The quantitative estimate of drug-likeness (QED) is 0.854. The predicted octanol–water partition coefficient (Wildman–Crippen LogP) is 1.32. The van der Waals surface area contributed by atoms with Crippen LogP contribution < -0.4 is 4.31 Å². The molecule has 1 heterocycles. The molecule has 104 valence electrons. The fraction of sp³-hybridized carbons (Fsp3) is 0.417. The van der Waals surface area contributed by atoms with Crippen LogP contribution in [0.2, 0.25) is 10.0 Å². The molecule has 1 aliphatic heterocycles. The zero-order valence-corrected chi connectivity index (χ0v) is 12.6. The van der Waals surface area contributed by atoms with E-state index in [-0.39, 0.29) is 19.2 Å². The summed E-state index contributed by atoms with van der Waals surface area (Å²) in [6.07, 6.45) is 1.97. The molecule has 1 aromatic rings. The molecule has 0 amide bonds. The number of sulfonamides is 1. The summed E-state index contributed by atoms with van der Waals surface area (Å²) in [4.78, 5) is 11.3. The molecule has 0 radical (unpaired) electrons. The van der Waals surface area contributed by atoms with Crippen molar-refractivity contribution >= 4 is 39.5 Å². The number of hydrogen-bond acceptors (Lipinski definition) is 3. The fourth-order valence-electron chi connectivity index (χ4n) is 2.43. The number of quaternary nitrogens is 1. The van der Waals surface area contributed by atoms with Crippen LogP contribution in [0.15, 0.2) is 23.1 Å². The van der Waals surface area contributed by atoms with Gasteiger partial charge in [-0.1, -0.05) is 23.2 Å². The fourth-order valence-corrected chi connectivity index (χ4v) is 5.11. The normalized spacial score (nSPS) is 27.4. The SMILES string of the molecule is C[C@@]1(C=O)CCC[NH+]1S(=O)(=O)c1cc(Cl)cc(Cl)c1. The summed E-state index contributed by atoms with van der Waals surface area (Å²) in [7, 11) is -3.69. The second-order valence-corrected chi connectivity index (χ2v) is 7.76. The van der Waals surface area contributed by atoms with E-state index in [9.17, 15) is 13.2 Å². The molecule has 1 unspecified atom stereocenters. The number of hydrogen-bond donors (Lipinski definition) is 1. The van der Waals surface area contributed by atoms with E-state index in [0.717, 1.165) is 6.29 Å². The van der Waals surface area contributed by atoms with Gasteiger partial charge in [-0.15, -0.1) is 0 Å². The average Bonchev–Trinajstić information content (AvgIpc) is 2.71. The van der Waals surface area contributed by atoms with E-state index in [2.05, 4.69) is 0 Å². The van der Waals surface area contributed by atoms with Gasteiger partial charge in [0.05, 0.1) is 6.54 Å². The standard InChI is InChI=1S/C12H13Cl2NO3S/c1-12(8-16)3-2-4-15(12)19(17,18)11-6-9(13)5-10(14)7-11/h5-8H,2-4H2,1H3/p+1/t12-/m0/s1. The topological polar surface area (TPSA) is 55.6 Å². The van der Waals surface area contributed by atoms with Crippen molar-refractivity contribution in [1.82, 2.24) is 0 Å². The van der Waals surface area contributed by atoms with Crippen molar-refractivity contribution in [2.75, 3.05) is 6.54 Å². The Balaban J connectivity index is 2.51. The first-order valence-corrected chi connectivity index (χ1v) is 8.07. The Morgan fingerprint density at radius 1 is 1.26 bits per heavy atom. The van der Waals surface area contributed by atoms with Gasteiger partial charge in [0.25, 0.3) is 0 Å². The Morgan fingerprint density at radius 2 is 1.84 bits per heavy atom. The Bertz CT molecular complexity index is 597. The Morgan fingerprint density at radius 3 is 2.37 bits per heavy atom. The van der Waals surface area contributed by atoms with E-state index < -0.39 is 15.6 Å². The molecule has 0 aromatic heterocycles. The highest BCUT2D eigenvalue weighted by Gasteiger charge is 2.48. The molecular weight excluding hydrogens is 309 g/mol. The summed E-state index contributed by atoms with van der Waals surface area (Å²) < 4.78 is 25.5. The van der Waals surface area contributed by atoms with E-state index in [4.69, 9.17) is 23.2 Å². The molecule has 1 saturated heterocycles. The van der Waals surface area contributed by atoms with Crippen molar-refractivity contribution in [3.8, 4) is 0 Å². The van der Waals surface area contributed by atoms with Crippen LogP contribution in [0.25, 0.3) is 0 Å². The number of carbonyl (C=O) groups is 1. The van der Waals surface area contributed by atoms with E-state index in [0.29, 0.717) is 19.4 Å². The predicted molar refractivity (Wildman–Crippen MR) is 73.2 cm³/mol. The molecule has 4 nitrogen and oxygen atoms in total. The van der Waals surface area contributed by atoms with E-state index in [1.54, 1.807) is 6.92 Å². The minimum atomic E-state index is -3.69. The van der Waals surface area contributed by atoms with E-state index >= 15 is 0 Å². The minimum Gasteiger partial charge on any atom is -0.296 e.